The van der Waals surface area contributed by atoms with Crippen molar-refractivity contribution in [3.05, 3.63) is 89.2 Å². The normalized spacial score (nSPS) is 21.6. The number of hydrogen-bond acceptors (Lipinski definition) is 5. The second kappa shape index (κ2) is 10.7. The summed E-state index contributed by atoms with van der Waals surface area (Å²) in [6.07, 6.45) is -1.52. The molecule has 2 amide bonds. The molecule has 2 saturated heterocycles. The molecule has 0 unspecified atom stereocenters. The van der Waals surface area contributed by atoms with Crippen LogP contribution in [0.5, 0.6) is 11.5 Å². The fourth-order valence-electron chi connectivity index (χ4n) is 4.85. The lowest BCUT2D eigenvalue weighted by atomic mass is 9.99. The maximum Gasteiger partial charge on any atom is 0.415 e. The van der Waals surface area contributed by atoms with E-state index in [1.165, 1.54) is 17.0 Å². The van der Waals surface area contributed by atoms with Crippen LogP contribution in [0.25, 0.3) is 0 Å². The second-order valence-electron chi connectivity index (χ2n) is 9.04. The summed E-state index contributed by atoms with van der Waals surface area (Å²) in [5, 5.41) is 12.1. The molecule has 0 bridgehead atoms. The third-order valence-corrected chi connectivity index (χ3v) is 6.72. The van der Waals surface area contributed by atoms with E-state index in [4.69, 9.17) is 26.2 Å². The van der Waals surface area contributed by atoms with Crippen LogP contribution in [-0.2, 0) is 4.74 Å². The van der Waals surface area contributed by atoms with E-state index in [1.54, 1.807) is 60.7 Å². The number of halogens is 2. The fraction of sp³-hybridized carbons (Fsp3) is 0.259. The lowest BCUT2D eigenvalue weighted by Gasteiger charge is -2.27. The number of hydrogen-bond donors (Lipinski definition) is 2. The van der Waals surface area contributed by atoms with E-state index in [0.29, 0.717) is 53.8 Å². The first-order valence-electron chi connectivity index (χ1n) is 11.9. The van der Waals surface area contributed by atoms with E-state index in [1.807, 2.05) is 0 Å². The number of amides is 2. The first kappa shape index (κ1) is 24.9. The molecule has 0 aromatic heterocycles. The summed E-state index contributed by atoms with van der Waals surface area (Å²) in [5.74, 6) is 0.789. The molecule has 0 aliphatic carbocycles. The molecule has 2 aliphatic heterocycles. The summed E-state index contributed by atoms with van der Waals surface area (Å²) < 4.78 is 25.8. The topological polar surface area (TPSA) is 91.3 Å². The molecule has 0 radical (unpaired) electrons. The first-order chi connectivity index (χ1) is 17.9. The average molecular weight is 526 g/mol. The van der Waals surface area contributed by atoms with E-state index in [-0.39, 0.29) is 6.04 Å². The Kier molecular flexibility index (Phi) is 7.16. The van der Waals surface area contributed by atoms with E-state index in [9.17, 15) is 14.0 Å². The highest BCUT2D eigenvalue weighted by Gasteiger charge is 2.45. The molecule has 2 N–H and O–H groups in total. The summed E-state index contributed by atoms with van der Waals surface area (Å²) in [4.78, 5) is 27.7. The van der Waals surface area contributed by atoms with Gasteiger partial charge in [0, 0.05) is 36.4 Å². The van der Waals surface area contributed by atoms with Gasteiger partial charge in [0.15, 0.2) is 0 Å². The van der Waals surface area contributed by atoms with E-state index < -0.39 is 30.1 Å². The third kappa shape index (κ3) is 5.79. The zero-order valence-electron chi connectivity index (χ0n) is 19.7. The van der Waals surface area contributed by atoms with Crippen LogP contribution in [0.1, 0.15) is 18.0 Å². The molecule has 5 rings (SSSR count). The summed E-state index contributed by atoms with van der Waals surface area (Å²) >= 11 is 5.93. The molecule has 37 heavy (non-hydrogen) atoms. The summed E-state index contributed by atoms with van der Waals surface area (Å²) in [6, 6.07) is 19.4. The van der Waals surface area contributed by atoms with Crippen molar-refractivity contribution in [3.63, 3.8) is 0 Å². The summed E-state index contributed by atoms with van der Waals surface area (Å²) in [7, 11) is 0. The Hall–Kier alpha value is -3.82. The second-order valence-corrected chi connectivity index (χ2v) is 9.47. The summed E-state index contributed by atoms with van der Waals surface area (Å²) in [5.41, 5.74) is 1.19. The van der Waals surface area contributed by atoms with Gasteiger partial charge in [-0.1, -0.05) is 23.7 Å². The van der Waals surface area contributed by atoms with Crippen molar-refractivity contribution in [2.75, 3.05) is 24.5 Å². The fourth-order valence-corrected chi connectivity index (χ4v) is 4.97. The number of ether oxygens (including phenoxy) is 2. The maximum atomic E-state index is 14.2. The van der Waals surface area contributed by atoms with Gasteiger partial charge in [0.1, 0.15) is 29.5 Å². The van der Waals surface area contributed by atoms with E-state index >= 15 is 0 Å². The van der Waals surface area contributed by atoms with Gasteiger partial charge in [-0.3, -0.25) is 9.80 Å². The van der Waals surface area contributed by atoms with Crippen LogP contribution in [0, 0.1) is 5.82 Å². The smallest absolute Gasteiger partial charge is 0.415 e. The minimum Gasteiger partial charge on any atom is -0.465 e. The van der Waals surface area contributed by atoms with Crippen LogP contribution in [0.4, 0.5) is 19.7 Å². The number of carboxylic acid groups (broad SMARTS) is 1. The molecule has 10 heteroatoms. The van der Waals surface area contributed by atoms with Crippen molar-refractivity contribution in [2.45, 2.75) is 24.6 Å². The summed E-state index contributed by atoms with van der Waals surface area (Å²) in [6.45, 7) is 1.55. The van der Waals surface area contributed by atoms with Gasteiger partial charge in [-0.2, -0.15) is 0 Å². The SMILES string of the molecule is O=C(O)N[C@@H]1CCN(C[C@@H]2OC(=O)N(c3ccc(Oc4ccc(Cl)cc4)cc3)[C@H]2c2cccc(F)c2)C1. The van der Waals surface area contributed by atoms with Crippen molar-refractivity contribution in [2.24, 2.45) is 0 Å². The highest BCUT2D eigenvalue weighted by Crippen LogP contribution is 2.39. The molecule has 2 heterocycles. The van der Waals surface area contributed by atoms with Crippen LogP contribution >= 0.6 is 11.6 Å². The van der Waals surface area contributed by atoms with Crippen LogP contribution in [0.15, 0.2) is 72.8 Å². The van der Waals surface area contributed by atoms with Crippen molar-refractivity contribution < 1.29 is 28.6 Å². The Morgan fingerprint density at radius 2 is 1.81 bits per heavy atom. The molecular weight excluding hydrogens is 501 g/mol. The van der Waals surface area contributed by atoms with Crippen molar-refractivity contribution in [1.29, 1.82) is 0 Å². The number of anilines is 1. The van der Waals surface area contributed by atoms with Crippen molar-refractivity contribution >= 4 is 29.5 Å². The van der Waals surface area contributed by atoms with Crippen molar-refractivity contribution in [1.82, 2.24) is 10.2 Å². The minimum atomic E-state index is -1.06. The van der Waals surface area contributed by atoms with Gasteiger partial charge in [-0.25, -0.2) is 14.0 Å². The van der Waals surface area contributed by atoms with Gasteiger partial charge in [0.25, 0.3) is 0 Å². The van der Waals surface area contributed by atoms with Gasteiger partial charge in [-0.15, -0.1) is 0 Å². The number of nitrogens with zero attached hydrogens (tertiary/aromatic N) is 2. The molecule has 0 saturated carbocycles. The zero-order valence-corrected chi connectivity index (χ0v) is 20.5. The number of carbonyl (C=O) groups is 2. The highest BCUT2D eigenvalue weighted by molar-refractivity contribution is 6.30. The maximum absolute atomic E-state index is 14.2. The molecule has 2 fully saturated rings. The molecule has 192 valence electrons. The zero-order chi connectivity index (χ0) is 25.9. The number of likely N-dealkylation sites (tertiary alicyclic amines) is 1. The Bertz CT molecular complexity index is 1270. The van der Waals surface area contributed by atoms with Gasteiger partial charge < -0.3 is 19.9 Å². The highest BCUT2D eigenvalue weighted by atomic mass is 35.5. The molecular formula is C27H25ClFN3O5. The predicted molar refractivity (Wildman–Crippen MR) is 136 cm³/mol. The van der Waals surface area contributed by atoms with Crippen LogP contribution in [-0.4, -0.2) is 54.0 Å². The van der Waals surface area contributed by atoms with E-state index in [2.05, 4.69) is 10.2 Å². The number of carbonyl (C=O) groups excluding carboxylic acids is 1. The van der Waals surface area contributed by atoms with Crippen LogP contribution < -0.4 is 15.0 Å². The molecule has 2 aliphatic rings. The first-order valence-corrected chi connectivity index (χ1v) is 12.2. The largest absolute Gasteiger partial charge is 0.465 e. The Morgan fingerprint density at radius 3 is 2.49 bits per heavy atom. The third-order valence-electron chi connectivity index (χ3n) is 6.47. The van der Waals surface area contributed by atoms with Gasteiger partial charge in [0.2, 0.25) is 0 Å². The molecule has 3 aromatic carbocycles. The Balaban J connectivity index is 1.37. The minimum absolute atomic E-state index is 0.188. The quantitative estimate of drug-likeness (QED) is 0.412. The Labute approximate surface area is 218 Å². The average Bonchev–Trinajstić information content (AvgIpc) is 3.44. The van der Waals surface area contributed by atoms with Crippen LogP contribution in [0.3, 0.4) is 0 Å². The number of cyclic esters (lactones) is 1. The lowest BCUT2D eigenvalue weighted by Crippen LogP contribution is -2.39. The molecule has 3 atom stereocenters. The van der Waals surface area contributed by atoms with Crippen molar-refractivity contribution in [3.8, 4) is 11.5 Å². The number of rotatable bonds is 7. The Morgan fingerprint density at radius 1 is 1.11 bits per heavy atom. The predicted octanol–water partition coefficient (Wildman–Crippen LogP) is 5.68. The van der Waals surface area contributed by atoms with Gasteiger partial charge in [0.05, 0.1) is 0 Å². The van der Waals surface area contributed by atoms with E-state index in [0.717, 1.165) is 0 Å². The van der Waals surface area contributed by atoms with Crippen LogP contribution in [0.2, 0.25) is 5.02 Å². The molecule has 8 nitrogen and oxygen atoms in total. The lowest BCUT2D eigenvalue weighted by molar-refractivity contribution is 0.104. The van der Waals surface area contributed by atoms with Gasteiger partial charge in [-0.05, 0) is 72.6 Å². The molecule has 0 spiro atoms. The number of nitrogens with one attached hydrogen (secondary N) is 1. The molecule has 3 aromatic rings. The number of benzene rings is 3. The van der Waals surface area contributed by atoms with Gasteiger partial charge >= 0.3 is 12.2 Å². The standard InChI is InChI=1S/C27H25ClFN3O5/c28-18-4-8-22(9-5-18)36-23-10-6-21(7-11-23)32-25(17-2-1-3-19(29)14-17)24(37-27(32)35)16-31-13-12-20(15-31)30-26(33)34/h1-11,14,20,24-25,30H,12-13,15-16H2,(H,33,34)/t20-,24+,25+/m1/s1. The monoisotopic (exact) mass is 525 g/mol.